The predicted octanol–water partition coefficient (Wildman–Crippen LogP) is 2.69. The first-order chi connectivity index (χ1) is 11.1. The number of para-hydroxylation sites is 1. The highest BCUT2D eigenvalue weighted by molar-refractivity contribution is 5.79. The molecule has 1 aromatic rings. The van der Waals surface area contributed by atoms with Gasteiger partial charge in [0.05, 0.1) is 18.8 Å². The van der Waals surface area contributed by atoms with Crippen molar-refractivity contribution in [3.63, 3.8) is 0 Å². The third-order valence-corrected chi connectivity index (χ3v) is 3.93. The largest absolute Gasteiger partial charge is 0.494 e. The summed E-state index contributed by atoms with van der Waals surface area (Å²) >= 11 is 0. The van der Waals surface area contributed by atoms with Crippen molar-refractivity contribution in [3.05, 3.63) is 29.8 Å². The molecule has 1 aromatic carbocycles. The van der Waals surface area contributed by atoms with Crippen molar-refractivity contribution in [2.45, 2.75) is 52.7 Å². The Bertz CT molecular complexity index is 485. The fraction of sp³-hybridized carbons (Fsp3) is 0.611. The van der Waals surface area contributed by atoms with E-state index in [1.54, 1.807) is 0 Å². The van der Waals surface area contributed by atoms with Gasteiger partial charge in [-0.15, -0.1) is 0 Å². The number of nitrogens with one attached hydrogen (secondary N) is 2. The maximum absolute atomic E-state index is 10.4. The van der Waals surface area contributed by atoms with Gasteiger partial charge < -0.3 is 20.5 Å². The standard InChI is InChI=1S/C18H31N3O2/c1-5-18(22,6-2)14-21-17(19-7-3)20-13-15-11-9-10-12-16(15)23-8-4/h9-12,22H,5-8,13-14H2,1-4H3,(H2,19,20,21). The molecule has 130 valence electrons. The van der Waals surface area contributed by atoms with Gasteiger partial charge >= 0.3 is 0 Å². The minimum atomic E-state index is -0.695. The van der Waals surface area contributed by atoms with Crippen LogP contribution in [0.1, 0.15) is 46.1 Å². The summed E-state index contributed by atoms with van der Waals surface area (Å²) in [5, 5.41) is 16.8. The van der Waals surface area contributed by atoms with E-state index in [9.17, 15) is 5.11 Å². The van der Waals surface area contributed by atoms with E-state index in [1.807, 2.05) is 52.0 Å². The molecule has 0 aliphatic rings. The van der Waals surface area contributed by atoms with E-state index < -0.39 is 5.60 Å². The van der Waals surface area contributed by atoms with Crippen molar-refractivity contribution in [1.82, 2.24) is 10.6 Å². The number of rotatable bonds is 9. The predicted molar refractivity (Wildman–Crippen MR) is 96.0 cm³/mol. The van der Waals surface area contributed by atoms with Gasteiger partial charge in [0.2, 0.25) is 0 Å². The molecule has 0 saturated heterocycles. The molecule has 0 bridgehead atoms. The molecule has 0 saturated carbocycles. The molecule has 0 aromatic heterocycles. The summed E-state index contributed by atoms with van der Waals surface area (Å²) in [4.78, 5) is 4.60. The molecule has 0 fully saturated rings. The highest BCUT2D eigenvalue weighted by atomic mass is 16.5. The Hall–Kier alpha value is -1.75. The third-order valence-electron chi connectivity index (χ3n) is 3.93. The van der Waals surface area contributed by atoms with Crippen LogP contribution in [0.5, 0.6) is 5.75 Å². The van der Waals surface area contributed by atoms with E-state index in [0.717, 1.165) is 17.9 Å². The molecule has 0 atom stereocenters. The number of ether oxygens (including phenoxy) is 1. The Morgan fingerprint density at radius 3 is 2.43 bits per heavy atom. The van der Waals surface area contributed by atoms with Crippen LogP contribution in [0.25, 0.3) is 0 Å². The number of guanidine groups is 1. The van der Waals surface area contributed by atoms with Crippen molar-refractivity contribution in [2.24, 2.45) is 4.99 Å². The van der Waals surface area contributed by atoms with Gasteiger partial charge in [0.25, 0.3) is 0 Å². The molecule has 0 radical (unpaired) electrons. The zero-order chi connectivity index (χ0) is 17.1. The summed E-state index contributed by atoms with van der Waals surface area (Å²) in [6.07, 6.45) is 1.42. The molecule has 0 amide bonds. The maximum atomic E-state index is 10.4. The lowest BCUT2D eigenvalue weighted by molar-refractivity contribution is 0.0367. The molecule has 23 heavy (non-hydrogen) atoms. The van der Waals surface area contributed by atoms with Crippen LogP contribution in [-0.4, -0.2) is 36.4 Å². The van der Waals surface area contributed by atoms with Crippen LogP contribution in [0.4, 0.5) is 0 Å². The first-order valence-corrected chi connectivity index (χ1v) is 8.53. The number of benzene rings is 1. The summed E-state index contributed by atoms with van der Waals surface area (Å²) < 4.78 is 5.63. The van der Waals surface area contributed by atoms with Gasteiger partial charge in [-0.25, -0.2) is 4.99 Å². The molecule has 1 rings (SSSR count). The van der Waals surface area contributed by atoms with Crippen LogP contribution < -0.4 is 15.4 Å². The highest BCUT2D eigenvalue weighted by Gasteiger charge is 2.22. The van der Waals surface area contributed by atoms with Gasteiger partial charge in [-0.3, -0.25) is 0 Å². The summed E-state index contributed by atoms with van der Waals surface area (Å²) in [6.45, 7) is 10.4. The lowest BCUT2D eigenvalue weighted by Crippen LogP contribution is -2.46. The van der Waals surface area contributed by atoms with E-state index in [1.165, 1.54) is 0 Å². The molecular formula is C18H31N3O2. The lowest BCUT2D eigenvalue weighted by atomic mass is 9.98. The summed E-state index contributed by atoms with van der Waals surface area (Å²) in [5.41, 5.74) is 0.354. The van der Waals surface area contributed by atoms with E-state index in [2.05, 4.69) is 15.6 Å². The Morgan fingerprint density at radius 2 is 1.83 bits per heavy atom. The molecule has 5 heteroatoms. The van der Waals surface area contributed by atoms with Gasteiger partial charge in [-0.2, -0.15) is 0 Å². The number of aliphatic imine (C=N–C) groups is 1. The van der Waals surface area contributed by atoms with Gasteiger partial charge in [-0.1, -0.05) is 32.0 Å². The zero-order valence-electron chi connectivity index (χ0n) is 14.9. The second kappa shape index (κ2) is 10.1. The van der Waals surface area contributed by atoms with Crippen molar-refractivity contribution in [3.8, 4) is 5.75 Å². The molecular weight excluding hydrogens is 290 g/mol. The minimum absolute atomic E-state index is 0.485. The summed E-state index contributed by atoms with van der Waals surface area (Å²) in [6, 6.07) is 7.93. The van der Waals surface area contributed by atoms with Crippen molar-refractivity contribution >= 4 is 5.96 Å². The quantitative estimate of drug-likeness (QED) is 0.483. The molecule has 0 aliphatic carbocycles. The minimum Gasteiger partial charge on any atom is -0.494 e. The summed E-state index contributed by atoms with van der Waals surface area (Å²) in [7, 11) is 0. The molecule has 0 heterocycles. The zero-order valence-corrected chi connectivity index (χ0v) is 14.9. The number of nitrogens with zero attached hydrogens (tertiary/aromatic N) is 1. The van der Waals surface area contributed by atoms with Gasteiger partial charge in [0.15, 0.2) is 5.96 Å². The van der Waals surface area contributed by atoms with Gasteiger partial charge in [0, 0.05) is 18.7 Å². The Balaban J connectivity index is 2.75. The first-order valence-electron chi connectivity index (χ1n) is 8.53. The van der Waals surface area contributed by atoms with Crippen LogP contribution >= 0.6 is 0 Å². The second-order valence-electron chi connectivity index (χ2n) is 5.52. The monoisotopic (exact) mass is 321 g/mol. The normalized spacial score (nSPS) is 12.1. The molecule has 5 nitrogen and oxygen atoms in total. The van der Waals surface area contributed by atoms with Crippen molar-refractivity contribution in [1.29, 1.82) is 0 Å². The fourth-order valence-electron chi connectivity index (χ4n) is 2.18. The van der Waals surface area contributed by atoms with E-state index in [0.29, 0.717) is 38.5 Å². The number of hydrogen-bond donors (Lipinski definition) is 3. The second-order valence-corrected chi connectivity index (χ2v) is 5.52. The van der Waals surface area contributed by atoms with Crippen LogP contribution in [0.15, 0.2) is 29.3 Å². The maximum Gasteiger partial charge on any atom is 0.191 e. The Labute approximate surface area is 140 Å². The van der Waals surface area contributed by atoms with Crippen LogP contribution in [0.3, 0.4) is 0 Å². The molecule has 0 spiro atoms. The smallest absolute Gasteiger partial charge is 0.191 e. The highest BCUT2D eigenvalue weighted by Crippen LogP contribution is 2.18. The number of aliphatic hydroxyl groups is 1. The van der Waals surface area contributed by atoms with Crippen LogP contribution in [0.2, 0.25) is 0 Å². The van der Waals surface area contributed by atoms with Crippen molar-refractivity contribution < 1.29 is 9.84 Å². The Morgan fingerprint density at radius 1 is 1.13 bits per heavy atom. The molecule has 0 unspecified atom stereocenters. The van der Waals surface area contributed by atoms with E-state index >= 15 is 0 Å². The topological polar surface area (TPSA) is 65.9 Å². The molecule has 3 N–H and O–H groups in total. The average molecular weight is 321 g/mol. The number of hydrogen-bond acceptors (Lipinski definition) is 3. The third kappa shape index (κ3) is 6.48. The van der Waals surface area contributed by atoms with Crippen LogP contribution in [-0.2, 0) is 6.54 Å². The lowest BCUT2D eigenvalue weighted by Gasteiger charge is -2.26. The van der Waals surface area contributed by atoms with E-state index in [-0.39, 0.29) is 0 Å². The fourth-order valence-corrected chi connectivity index (χ4v) is 2.18. The average Bonchev–Trinajstić information content (AvgIpc) is 2.58. The molecule has 0 aliphatic heterocycles. The van der Waals surface area contributed by atoms with Crippen molar-refractivity contribution in [2.75, 3.05) is 19.7 Å². The summed E-state index contributed by atoms with van der Waals surface area (Å²) in [5.74, 6) is 1.58. The SMILES string of the molecule is CCNC(=NCc1ccccc1OCC)NCC(O)(CC)CC. The Kier molecular flexibility index (Phi) is 8.48. The van der Waals surface area contributed by atoms with Gasteiger partial charge in [0.1, 0.15) is 5.75 Å². The van der Waals surface area contributed by atoms with Gasteiger partial charge in [-0.05, 0) is 32.8 Å². The van der Waals surface area contributed by atoms with Crippen LogP contribution in [0, 0.1) is 0 Å². The van der Waals surface area contributed by atoms with E-state index in [4.69, 9.17) is 4.74 Å². The first kappa shape index (κ1) is 19.3.